The minimum absolute atomic E-state index is 0.0574. The van der Waals surface area contributed by atoms with E-state index >= 15 is 0 Å². The molecule has 190 valence electrons. The molecule has 0 spiro atoms. The van der Waals surface area contributed by atoms with Crippen molar-refractivity contribution in [2.75, 3.05) is 0 Å². The van der Waals surface area contributed by atoms with Gasteiger partial charge in [0.05, 0.1) is 36.3 Å². The number of aliphatic hydroxyl groups excluding tert-OH is 3. The van der Waals surface area contributed by atoms with E-state index in [-0.39, 0.29) is 24.7 Å². The Labute approximate surface area is 206 Å². The van der Waals surface area contributed by atoms with E-state index in [0.29, 0.717) is 17.1 Å². The summed E-state index contributed by atoms with van der Waals surface area (Å²) in [5.74, 6) is -1.57. The highest BCUT2D eigenvalue weighted by Crippen LogP contribution is 2.32. The van der Waals surface area contributed by atoms with Crippen molar-refractivity contribution in [2.24, 2.45) is 17.3 Å². The summed E-state index contributed by atoms with van der Waals surface area (Å²) in [6, 6.07) is 0. The number of aromatic nitrogens is 1. The van der Waals surface area contributed by atoms with Gasteiger partial charge in [-0.3, -0.25) is 9.59 Å². The van der Waals surface area contributed by atoms with E-state index < -0.39 is 35.6 Å². The number of carbonyl (C=O) groups excluding carboxylic acids is 2. The van der Waals surface area contributed by atoms with Crippen LogP contribution in [0.15, 0.2) is 23.1 Å². The highest BCUT2D eigenvalue weighted by molar-refractivity contribution is 7.09. The van der Waals surface area contributed by atoms with Gasteiger partial charge in [0.2, 0.25) is 0 Å². The molecule has 1 aromatic heterocycles. The van der Waals surface area contributed by atoms with Crippen LogP contribution in [0.3, 0.4) is 0 Å². The molecule has 1 aliphatic heterocycles. The zero-order chi connectivity index (χ0) is 25.5. The summed E-state index contributed by atoms with van der Waals surface area (Å²) in [5.41, 5.74) is 0.272. The molecular formula is C26H39NO6S. The SMILES string of the molecule is C/C(=C\c1csc(CO)n1)[C@@H]1C/C=C/CCC[C@H](C)[C@H](O)[C@@H](C)C(=O)C(C)(C)[C@@H](O)CC(=O)O1. The monoisotopic (exact) mass is 493 g/mol. The van der Waals surface area contributed by atoms with Crippen LogP contribution in [0.1, 0.15) is 77.4 Å². The summed E-state index contributed by atoms with van der Waals surface area (Å²) in [5, 5.41) is 33.2. The number of carbonyl (C=O) groups is 2. The van der Waals surface area contributed by atoms with E-state index in [1.54, 1.807) is 20.8 Å². The van der Waals surface area contributed by atoms with Crippen LogP contribution < -0.4 is 0 Å². The van der Waals surface area contributed by atoms with Crippen molar-refractivity contribution < 1.29 is 29.6 Å². The molecule has 5 atom stereocenters. The summed E-state index contributed by atoms with van der Waals surface area (Å²) >= 11 is 1.36. The Hall–Kier alpha value is -1.87. The fourth-order valence-corrected chi connectivity index (χ4v) is 4.81. The maximum absolute atomic E-state index is 13.1. The average Bonchev–Trinajstić information content (AvgIpc) is 3.25. The number of Topliss-reactive ketones (excluding diaryl/α,β-unsaturated/α-hetero) is 1. The number of ether oxygens (including phenoxy) is 1. The fraction of sp³-hybridized carbons (Fsp3) is 0.654. The summed E-state index contributed by atoms with van der Waals surface area (Å²) < 4.78 is 5.73. The maximum atomic E-state index is 13.1. The Morgan fingerprint density at radius 3 is 2.62 bits per heavy atom. The van der Waals surface area contributed by atoms with Crippen molar-refractivity contribution in [1.29, 1.82) is 0 Å². The quantitative estimate of drug-likeness (QED) is 0.429. The molecule has 0 saturated heterocycles. The van der Waals surface area contributed by atoms with Crippen LogP contribution in [-0.4, -0.2) is 50.4 Å². The number of aliphatic hydroxyl groups is 3. The van der Waals surface area contributed by atoms with E-state index in [4.69, 9.17) is 4.74 Å². The molecule has 0 aliphatic carbocycles. The third kappa shape index (κ3) is 7.57. The Balaban J connectivity index is 2.27. The lowest BCUT2D eigenvalue weighted by Crippen LogP contribution is -2.45. The molecule has 0 radical (unpaired) electrons. The van der Waals surface area contributed by atoms with Gasteiger partial charge < -0.3 is 20.1 Å². The molecule has 2 rings (SSSR count). The molecule has 2 heterocycles. The zero-order valence-electron chi connectivity index (χ0n) is 20.9. The number of allylic oxidation sites excluding steroid dienone is 1. The lowest BCUT2D eigenvalue weighted by atomic mass is 9.73. The van der Waals surface area contributed by atoms with E-state index in [2.05, 4.69) is 4.98 Å². The van der Waals surface area contributed by atoms with Gasteiger partial charge in [-0.15, -0.1) is 11.3 Å². The summed E-state index contributed by atoms with van der Waals surface area (Å²) in [6.45, 7) is 8.57. The second-order valence-electron chi connectivity index (χ2n) is 9.89. The van der Waals surface area contributed by atoms with Gasteiger partial charge in [0.15, 0.2) is 0 Å². The number of hydrogen-bond acceptors (Lipinski definition) is 8. The third-order valence-corrected chi connectivity index (χ3v) is 7.60. The number of nitrogens with zero attached hydrogens (tertiary/aromatic N) is 1. The van der Waals surface area contributed by atoms with Crippen molar-refractivity contribution in [3.63, 3.8) is 0 Å². The molecule has 0 fully saturated rings. The first-order valence-corrected chi connectivity index (χ1v) is 12.8. The Morgan fingerprint density at radius 2 is 1.97 bits per heavy atom. The van der Waals surface area contributed by atoms with Crippen LogP contribution in [0.2, 0.25) is 0 Å². The first-order chi connectivity index (χ1) is 16.0. The van der Waals surface area contributed by atoms with Crippen LogP contribution in [0.4, 0.5) is 0 Å². The van der Waals surface area contributed by atoms with Crippen molar-refractivity contribution in [3.05, 3.63) is 33.8 Å². The Morgan fingerprint density at radius 1 is 1.26 bits per heavy atom. The van der Waals surface area contributed by atoms with E-state index in [9.17, 15) is 24.9 Å². The standard InChI is InChI=1S/C26H39NO6S/c1-16-10-8-6-7-9-11-20(17(2)12-19-15-34-22(14-28)27-19)33-23(30)13-21(29)26(4,5)25(32)18(3)24(16)31/h7,9,12,15-16,18,20-21,24,28-29,31H,6,8,10-11,13-14H2,1-5H3/b9-7+,17-12+/t16-,18+,20-,21-,24-/m0/s1. The molecular weight excluding hydrogens is 454 g/mol. The molecule has 0 unspecified atom stereocenters. The van der Waals surface area contributed by atoms with Crippen LogP contribution in [0, 0.1) is 17.3 Å². The summed E-state index contributed by atoms with van der Waals surface area (Å²) in [4.78, 5) is 30.2. The van der Waals surface area contributed by atoms with Gasteiger partial charge in [0, 0.05) is 17.7 Å². The normalized spacial score (nSPS) is 31.2. The molecule has 1 aliphatic rings. The van der Waals surface area contributed by atoms with Crippen LogP contribution >= 0.6 is 11.3 Å². The molecule has 0 amide bonds. The molecule has 8 heteroatoms. The number of cyclic esters (lactones) is 1. The first kappa shape index (κ1) is 28.4. The smallest absolute Gasteiger partial charge is 0.309 e. The average molecular weight is 494 g/mol. The van der Waals surface area contributed by atoms with E-state index in [0.717, 1.165) is 24.8 Å². The van der Waals surface area contributed by atoms with Gasteiger partial charge in [0.1, 0.15) is 16.9 Å². The lowest BCUT2D eigenvalue weighted by molar-refractivity contribution is -0.154. The van der Waals surface area contributed by atoms with E-state index in [1.165, 1.54) is 11.3 Å². The van der Waals surface area contributed by atoms with Crippen molar-refractivity contribution in [1.82, 2.24) is 4.98 Å². The number of rotatable bonds is 3. The zero-order valence-corrected chi connectivity index (χ0v) is 21.7. The topological polar surface area (TPSA) is 117 Å². The molecule has 0 bridgehead atoms. The second kappa shape index (κ2) is 12.7. The van der Waals surface area contributed by atoms with Crippen LogP contribution in [0.5, 0.6) is 0 Å². The van der Waals surface area contributed by atoms with Gasteiger partial charge >= 0.3 is 5.97 Å². The molecule has 7 nitrogen and oxygen atoms in total. The fourth-order valence-electron chi connectivity index (χ4n) is 4.20. The van der Waals surface area contributed by atoms with Gasteiger partial charge in [-0.2, -0.15) is 0 Å². The molecule has 0 saturated carbocycles. The highest BCUT2D eigenvalue weighted by Gasteiger charge is 2.42. The van der Waals surface area contributed by atoms with Crippen LogP contribution in [-0.2, 0) is 20.9 Å². The third-order valence-electron chi connectivity index (χ3n) is 6.75. The van der Waals surface area contributed by atoms with Gasteiger partial charge in [-0.1, -0.05) is 39.8 Å². The Bertz CT molecular complexity index is 890. The predicted molar refractivity (Wildman–Crippen MR) is 133 cm³/mol. The molecule has 1 aromatic rings. The maximum Gasteiger partial charge on any atom is 0.309 e. The predicted octanol–water partition coefficient (Wildman–Crippen LogP) is 4.06. The van der Waals surface area contributed by atoms with E-state index in [1.807, 2.05) is 37.5 Å². The molecule has 3 N–H and O–H groups in total. The van der Waals surface area contributed by atoms with Crippen LogP contribution in [0.25, 0.3) is 6.08 Å². The lowest BCUT2D eigenvalue weighted by Gasteiger charge is -2.34. The number of ketones is 1. The van der Waals surface area contributed by atoms with Gasteiger partial charge in [-0.05, 0) is 43.8 Å². The summed E-state index contributed by atoms with van der Waals surface area (Å²) in [7, 11) is 0. The largest absolute Gasteiger partial charge is 0.457 e. The second-order valence-corrected chi connectivity index (χ2v) is 10.8. The van der Waals surface area contributed by atoms with Crippen molar-refractivity contribution >= 4 is 29.2 Å². The molecule has 0 aromatic carbocycles. The molecule has 34 heavy (non-hydrogen) atoms. The van der Waals surface area contributed by atoms with Gasteiger partial charge in [-0.25, -0.2) is 4.98 Å². The minimum Gasteiger partial charge on any atom is -0.457 e. The highest BCUT2D eigenvalue weighted by atomic mass is 32.1. The number of thiazole rings is 1. The van der Waals surface area contributed by atoms with Gasteiger partial charge in [0.25, 0.3) is 0 Å². The summed E-state index contributed by atoms with van der Waals surface area (Å²) in [6.07, 6.45) is 5.87. The number of esters is 1. The number of hydrogen-bond donors (Lipinski definition) is 3. The van der Waals surface area contributed by atoms with Crippen molar-refractivity contribution in [3.8, 4) is 0 Å². The minimum atomic E-state index is -1.24. The first-order valence-electron chi connectivity index (χ1n) is 12.0. The van der Waals surface area contributed by atoms with Crippen molar-refractivity contribution in [2.45, 2.75) is 91.6 Å². The Kier molecular flexibility index (Phi) is 10.6.